The van der Waals surface area contributed by atoms with E-state index in [0.29, 0.717) is 5.82 Å². The van der Waals surface area contributed by atoms with E-state index in [1.54, 1.807) is 0 Å². The summed E-state index contributed by atoms with van der Waals surface area (Å²) in [6, 6.07) is 74.3. The molecule has 0 N–H and O–H groups in total. The van der Waals surface area contributed by atoms with Crippen LogP contribution in [0.15, 0.2) is 206 Å². The quantitative estimate of drug-likeness (QED) is 0.169. The topological polar surface area (TPSA) is 25.8 Å². The molecule has 0 spiro atoms. The first kappa shape index (κ1) is 34.8. The maximum Gasteiger partial charge on any atom is 0.160 e. The molecular formula is C57H40N2. The van der Waals surface area contributed by atoms with Crippen molar-refractivity contribution in [3.8, 4) is 78.4 Å². The van der Waals surface area contributed by atoms with Gasteiger partial charge < -0.3 is 0 Å². The van der Waals surface area contributed by atoms with Crippen LogP contribution in [0.2, 0.25) is 0 Å². The Morgan fingerprint density at radius 3 is 1.53 bits per heavy atom. The number of rotatable bonds is 6. The largest absolute Gasteiger partial charge is 0.228 e. The van der Waals surface area contributed by atoms with Crippen LogP contribution >= 0.6 is 0 Å². The Hall–Kier alpha value is -7.42. The zero-order valence-electron chi connectivity index (χ0n) is 33.0. The molecule has 1 aliphatic rings. The Kier molecular flexibility index (Phi) is 8.20. The highest BCUT2D eigenvalue weighted by atomic mass is 14.9. The molecule has 1 aromatic heterocycles. The summed E-state index contributed by atoms with van der Waals surface area (Å²) >= 11 is 0. The molecule has 0 saturated carbocycles. The van der Waals surface area contributed by atoms with Gasteiger partial charge >= 0.3 is 0 Å². The van der Waals surface area contributed by atoms with Gasteiger partial charge in [-0.15, -0.1) is 0 Å². The van der Waals surface area contributed by atoms with Crippen molar-refractivity contribution in [2.24, 2.45) is 0 Å². The lowest BCUT2D eigenvalue weighted by Crippen LogP contribution is -2.14. The molecule has 2 nitrogen and oxygen atoms in total. The van der Waals surface area contributed by atoms with Crippen molar-refractivity contribution in [3.05, 3.63) is 217 Å². The Balaban J connectivity index is 1.09. The molecule has 0 bridgehead atoms. The van der Waals surface area contributed by atoms with Gasteiger partial charge in [-0.05, 0) is 108 Å². The number of hydrogen-bond acceptors (Lipinski definition) is 2. The lowest BCUT2D eigenvalue weighted by Gasteiger charge is -2.22. The summed E-state index contributed by atoms with van der Waals surface area (Å²) in [4.78, 5) is 10.6. The second kappa shape index (κ2) is 13.9. The highest BCUT2D eigenvalue weighted by Crippen LogP contribution is 2.52. The Morgan fingerprint density at radius 2 is 0.847 bits per heavy atom. The van der Waals surface area contributed by atoms with Gasteiger partial charge in [0, 0.05) is 22.1 Å². The average Bonchev–Trinajstić information content (AvgIpc) is 3.54. The molecule has 1 heterocycles. The molecule has 278 valence electrons. The van der Waals surface area contributed by atoms with Crippen LogP contribution in [0, 0.1) is 0 Å². The Labute approximate surface area is 345 Å². The van der Waals surface area contributed by atoms with E-state index in [2.05, 4.69) is 214 Å². The highest BCUT2D eigenvalue weighted by Gasteiger charge is 2.36. The van der Waals surface area contributed by atoms with Crippen LogP contribution in [-0.4, -0.2) is 9.97 Å². The van der Waals surface area contributed by atoms with Crippen molar-refractivity contribution < 1.29 is 0 Å². The van der Waals surface area contributed by atoms with Gasteiger partial charge in [-0.25, -0.2) is 9.97 Å². The van der Waals surface area contributed by atoms with E-state index >= 15 is 0 Å². The zero-order chi connectivity index (χ0) is 39.5. The van der Waals surface area contributed by atoms with Crippen LogP contribution in [0.3, 0.4) is 0 Å². The van der Waals surface area contributed by atoms with E-state index in [1.165, 1.54) is 49.5 Å². The van der Waals surface area contributed by atoms with Crippen LogP contribution in [0.5, 0.6) is 0 Å². The predicted octanol–water partition coefficient (Wildman–Crippen LogP) is 15.1. The molecule has 10 aromatic rings. The lowest BCUT2D eigenvalue weighted by molar-refractivity contribution is 0.661. The van der Waals surface area contributed by atoms with Crippen molar-refractivity contribution in [1.82, 2.24) is 9.97 Å². The summed E-state index contributed by atoms with van der Waals surface area (Å²) in [6.45, 7) is 4.72. The highest BCUT2D eigenvalue weighted by molar-refractivity contribution is 6.07. The molecule has 11 rings (SSSR count). The van der Waals surface area contributed by atoms with Gasteiger partial charge in [0.25, 0.3) is 0 Å². The maximum absolute atomic E-state index is 5.32. The maximum atomic E-state index is 5.32. The van der Waals surface area contributed by atoms with E-state index < -0.39 is 0 Å². The average molecular weight is 753 g/mol. The molecule has 0 saturated heterocycles. The molecule has 0 radical (unpaired) electrons. The van der Waals surface area contributed by atoms with Crippen LogP contribution in [-0.2, 0) is 5.41 Å². The van der Waals surface area contributed by atoms with E-state index in [-0.39, 0.29) is 5.41 Å². The van der Waals surface area contributed by atoms with Gasteiger partial charge in [0.1, 0.15) is 0 Å². The van der Waals surface area contributed by atoms with Crippen molar-refractivity contribution in [2.75, 3.05) is 0 Å². The van der Waals surface area contributed by atoms with Gasteiger partial charge in [0.15, 0.2) is 5.82 Å². The van der Waals surface area contributed by atoms with E-state index in [0.717, 1.165) is 55.7 Å². The number of aromatic nitrogens is 2. The molecule has 9 aromatic carbocycles. The summed E-state index contributed by atoms with van der Waals surface area (Å²) in [5.41, 5.74) is 17.3. The minimum atomic E-state index is -0.0805. The number of benzene rings is 9. The molecule has 0 amide bonds. The van der Waals surface area contributed by atoms with Crippen LogP contribution in [0.1, 0.15) is 25.0 Å². The van der Waals surface area contributed by atoms with Gasteiger partial charge in [-0.1, -0.05) is 190 Å². The first-order valence-electron chi connectivity index (χ1n) is 20.4. The summed E-state index contributed by atoms with van der Waals surface area (Å²) < 4.78 is 0. The fourth-order valence-corrected chi connectivity index (χ4v) is 9.28. The van der Waals surface area contributed by atoms with E-state index in [9.17, 15) is 0 Å². The third kappa shape index (κ3) is 5.96. The van der Waals surface area contributed by atoms with Crippen molar-refractivity contribution in [2.45, 2.75) is 19.3 Å². The summed E-state index contributed by atoms with van der Waals surface area (Å²) in [5, 5.41) is 4.94. The monoisotopic (exact) mass is 752 g/mol. The van der Waals surface area contributed by atoms with Gasteiger partial charge in [-0.2, -0.15) is 0 Å². The van der Waals surface area contributed by atoms with Gasteiger partial charge in [0.2, 0.25) is 0 Å². The van der Waals surface area contributed by atoms with Crippen molar-refractivity contribution in [3.63, 3.8) is 0 Å². The van der Waals surface area contributed by atoms with Crippen LogP contribution < -0.4 is 0 Å². The second-order valence-electron chi connectivity index (χ2n) is 16.2. The minimum absolute atomic E-state index is 0.0805. The molecule has 0 aliphatic heterocycles. The van der Waals surface area contributed by atoms with E-state index in [4.69, 9.17) is 9.97 Å². The molecule has 0 fully saturated rings. The van der Waals surface area contributed by atoms with Crippen molar-refractivity contribution >= 4 is 21.5 Å². The van der Waals surface area contributed by atoms with Gasteiger partial charge in [0.05, 0.1) is 11.4 Å². The normalized spacial score (nSPS) is 12.7. The van der Waals surface area contributed by atoms with Crippen LogP contribution in [0.25, 0.3) is 100.0 Å². The minimum Gasteiger partial charge on any atom is -0.228 e. The second-order valence-corrected chi connectivity index (χ2v) is 16.2. The van der Waals surface area contributed by atoms with Crippen LogP contribution in [0.4, 0.5) is 0 Å². The standard InChI is InChI=1S/C57H40N2/c1-57(2)51-30-27-41(35-50(51)55-46-23-13-12-20-39(46)26-31-52(55)57)45-28-29-49(48-25-15-14-24-47(45)48)54-36-53(58-56(59-54)40-21-10-5-11-22-40)44-33-42(37-16-6-3-7-17-37)32-43(34-44)38-18-8-4-9-19-38/h3-36H,1-2H3. The van der Waals surface area contributed by atoms with Gasteiger partial charge in [-0.3, -0.25) is 0 Å². The predicted molar refractivity (Wildman–Crippen MR) is 247 cm³/mol. The summed E-state index contributed by atoms with van der Waals surface area (Å²) in [7, 11) is 0. The van der Waals surface area contributed by atoms with Crippen molar-refractivity contribution in [1.29, 1.82) is 0 Å². The SMILES string of the molecule is CC1(C)c2ccc(-c3ccc(-c4cc(-c5cc(-c6ccccc6)cc(-c6ccccc6)c5)nc(-c5ccccc5)n4)c4ccccc34)cc2-c2c1ccc1ccccc21. The number of nitrogens with zero attached hydrogens (tertiary/aromatic N) is 2. The molecular weight excluding hydrogens is 713 g/mol. The fraction of sp³-hybridized carbons (Fsp3) is 0.0526. The zero-order valence-corrected chi connectivity index (χ0v) is 33.0. The van der Waals surface area contributed by atoms with E-state index in [1.807, 2.05) is 6.07 Å². The smallest absolute Gasteiger partial charge is 0.160 e. The lowest BCUT2D eigenvalue weighted by atomic mass is 9.81. The number of fused-ring (bicyclic) bond motifs is 6. The molecule has 1 aliphatic carbocycles. The Bertz CT molecular complexity index is 3160. The first-order chi connectivity index (χ1) is 29.0. The first-order valence-corrected chi connectivity index (χ1v) is 20.4. The summed E-state index contributed by atoms with van der Waals surface area (Å²) in [5.74, 6) is 0.699. The third-order valence-corrected chi connectivity index (χ3v) is 12.3. The summed E-state index contributed by atoms with van der Waals surface area (Å²) in [6.07, 6.45) is 0. The fourth-order valence-electron chi connectivity index (χ4n) is 9.28. The Morgan fingerprint density at radius 1 is 0.322 bits per heavy atom. The molecule has 2 heteroatoms. The molecule has 59 heavy (non-hydrogen) atoms. The number of hydrogen-bond donors (Lipinski definition) is 0. The third-order valence-electron chi connectivity index (χ3n) is 12.3. The molecule has 0 unspecified atom stereocenters. The molecule has 0 atom stereocenters.